The van der Waals surface area contributed by atoms with Gasteiger partial charge in [-0.3, -0.25) is 9.59 Å². The van der Waals surface area contributed by atoms with E-state index in [2.05, 4.69) is 15.8 Å². The van der Waals surface area contributed by atoms with E-state index < -0.39 is 11.1 Å². The molecule has 11 heteroatoms. The smallest absolute Gasteiger partial charge is 0.291 e. The fourth-order valence-corrected chi connectivity index (χ4v) is 9.51. The molecule has 5 saturated carbocycles. The van der Waals surface area contributed by atoms with Crippen LogP contribution >= 0.6 is 35.0 Å². The third-order valence-electron chi connectivity index (χ3n) is 9.85. The van der Waals surface area contributed by atoms with Gasteiger partial charge in [0.15, 0.2) is 0 Å². The van der Waals surface area contributed by atoms with Crippen LogP contribution in [0, 0.1) is 17.8 Å². The van der Waals surface area contributed by atoms with E-state index in [9.17, 15) is 14.7 Å². The zero-order valence-corrected chi connectivity index (χ0v) is 26.4. The van der Waals surface area contributed by atoms with E-state index in [1.807, 2.05) is 13.8 Å². The van der Waals surface area contributed by atoms with Crippen molar-refractivity contribution in [3.63, 3.8) is 0 Å². The summed E-state index contributed by atoms with van der Waals surface area (Å²) in [7, 11) is 0. The topological polar surface area (TPSA) is 114 Å². The number of rotatable bonds is 10. The summed E-state index contributed by atoms with van der Waals surface area (Å²) in [4.78, 5) is 27.4. The van der Waals surface area contributed by atoms with Crippen LogP contribution in [0.3, 0.4) is 0 Å². The SMILES string of the molecule is CCC(C)(COc1noc(C(=O)NC2C3CC4CC2CC(O)(C4)C3)c1SC1CCCC1)NC(=O)c1ccc(Cl)cc1Cl. The van der Waals surface area contributed by atoms with Gasteiger partial charge in [0.25, 0.3) is 17.7 Å². The number of benzene rings is 1. The van der Waals surface area contributed by atoms with Crippen molar-refractivity contribution < 1.29 is 24.0 Å². The molecule has 2 amide bonds. The lowest BCUT2D eigenvalue weighted by molar-refractivity contribution is -0.137. The molecule has 5 aliphatic carbocycles. The first-order valence-electron chi connectivity index (χ1n) is 15.1. The molecule has 4 bridgehead atoms. The zero-order chi connectivity index (χ0) is 29.6. The number of hydrogen-bond acceptors (Lipinski definition) is 7. The van der Waals surface area contributed by atoms with Gasteiger partial charge in [-0.05, 0) is 99.4 Å². The first-order valence-corrected chi connectivity index (χ1v) is 16.8. The summed E-state index contributed by atoms with van der Waals surface area (Å²) >= 11 is 13.9. The van der Waals surface area contributed by atoms with Crippen LogP contribution in [-0.4, -0.2) is 51.1 Å². The average Bonchev–Trinajstić information content (AvgIpc) is 3.59. The Labute approximate surface area is 261 Å². The molecule has 5 fully saturated rings. The number of halogens is 2. The molecule has 0 spiro atoms. The lowest BCUT2D eigenvalue weighted by Crippen LogP contribution is -2.61. The van der Waals surface area contributed by atoms with Crippen molar-refractivity contribution in [3.05, 3.63) is 39.6 Å². The van der Waals surface area contributed by atoms with Gasteiger partial charge in [0.2, 0.25) is 5.76 Å². The maximum atomic E-state index is 13.7. The van der Waals surface area contributed by atoms with Crippen molar-refractivity contribution in [3.8, 4) is 5.88 Å². The third kappa shape index (κ3) is 6.17. The Balaban J connectivity index is 1.17. The fraction of sp³-hybridized carbons (Fsp3) is 0.645. The van der Waals surface area contributed by atoms with E-state index in [4.69, 9.17) is 32.5 Å². The number of amides is 2. The lowest BCUT2D eigenvalue weighted by Gasteiger charge is -2.58. The van der Waals surface area contributed by atoms with Gasteiger partial charge in [0.05, 0.1) is 21.7 Å². The summed E-state index contributed by atoms with van der Waals surface area (Å²) < 4.78 is 11.9. The number of thioether (sulfide) groups is 1. The summed E-state index contributed by atoms with van der Waals surface area (Å²) in [5.41, 5.74) is -0.970. The molecule has 1 aromatic carbocycles. The second-order valence-electron chi connectivity index (χ2n) is 13.1. The maximum absolute atomic E-state index is 13.7. The quantitative estimate of drug-likeness (QED) is 0.267. The first-order chi connectivity index (χ1) is 20.0. The monoisotopic (exact) mass is 635 g/mol. The Hall–Kier alpha value is -1.94. The number of carbonyl (C=O) groups excluding carboxylic acids is 2. The summed E-state index contributed by atoms with van der Waals surface area (Å²) in [5.74, 6) is 0.996. The predicted molar refractivity (Wildman–Crippen MR) is 162 cm³/mol. The van der Waals surface area contributed by atoms with Crippen LogP contribution in [0.4, 0.5) is 0 Å². The van der Waals surface area contributed by atoms with Gasteiger partial charge in [-0.25, -0.2) is 0 Å². The van der Waals surface area contributed by atoms with E-state index in [1.54, 1.807) is 23.9 Å². The molecule has 0 radical (unpaired) electrons. The van der Waals surface area contributed by atoms with Crippen LogP contribution in [0.2, 0.25) is 10.0 Å². The first kappa shape index (κ1) is 30.1. The molecule has 3 N–H and O–H groups in total. The molecular formula is C31H39Cl2N3O5S. The number of hydrogen-bond donors (Lipinski definition) is 3. The molecule has 5 aliphatic rings. The minimum atomic E-state index is -0.739. The highest BCUT2D eigenvalue weighted by Gasteiger charge is 2.55. The second kappa shape index (κ2) is 11.9. The summed E-state index contributed by atoms with van der Waals surface area (Å²) in [5, 5.41) is 22.6. The highest BCUT2D eigenvalue weighted by atomic mass is 35.5. The molecule has 0 saturated heterocycles. The highest BCUT2D eigenvalue weighted by Crippen LogP contribution is 2.55. The standard InChI is InChI=1S/C31H39Cl2N3O5S/c1-3-30(2,35-27(37)22-9-8-20(32)12-23(22)33)16-40-29-26(42-21-6-4-5-7-21)25(41-36-29)28(38)34-24-18-10-17-11-19(24)15-31(39,13-17)14-18/h8-9,12,17-19,21,24,39H,3-7,10-11,13-16H2,1-2H3,(H,34,38)(H,35,37). The maximum Gasteiger partial charge on any atom is 0.291 e. The van der Waals surface area contributed by atoms with E-state index >= 15 is 0 Å². The summed E-state index contributed by atoms with van der Waals surface area (Å²) in [6.45, 7) is 3.98. The summed E-state index contributed by atoms with van der Waals surface area (Å²) in [6, 6.07) is 4.80. The van der Waals surface area contributed by atoms with E-state index in [0.29, 0.717) is 33.1 Å². The third-order valence-corrected chi connectivity index (χ3v) is 11.8. The van der Waals surface area contributed by atoms with Crippen LogP contribution < -0.4 is 15.4 Å². The molecular weight excluding hydrogens is 597 g/mol. The molecule has 42 heavy (non-hydrogen) atoms. The van der Waals surface area contributed by atoms with E-state index in [-0.39, 0.29) is 53.0 Å². The highest BCUT2D eigenvalue weighted by molar-refractivity contribution is 8.00. The van der Waals surface area contributed by atoms with Crippen LogP contribution in [0.1, 0.15) is 99.0 Å². The lowest BCUT2D eigenvalue weighted by atomic mass is 9.52. The molecule has 228 valence electrons. The Bertz CT molecular complexity index is 1330. The molecule has 2 aromatic rings. The van der Waals surface area contributed by atoms with Crippen molar-refractivity contribution in [2.24, 2.45) is 17.8 Å². The zero-order valence-electron chi connectivity index (χ0n) is 24.1. The van der Waals surface area contributed by atoms with E-state index in [1.165, 1.54) is 6.07 Å². The molecule has 3 unspecified atom stereocenters. The average molecular weight is 637 g/mol. The van der Waals surface area contributed by atoms with Crippen LogP contribution in [0.5, 0.6) is 5.88 Å². The Morgan fingerprint density at radius 1 is 1.17 bits per heavy atom. The van der Waals surface area contributed by atoms with Gasteiger partial charge in [0, 0.05) is 16.3 Å². The number of aromatic nitrogens is 1. The molecule has 8 nitrogen and oxygen atoms in total. The minimum absolute atomic E-state index is 0.0337. The summed E-state index contributed by atoms with van der Waals surface area (Å²) in [6.07, 6.45) is 9.53. The number of nitrogens with one attached hydrogen (secondary N) is 2. The van der Waals surface area contributed by atoms with Gasteiger partial charge < -0.3 is 25.0 Å². The van der Waals surface area contributed by atoms with Crippen molar-refractivity contribution in [2.45, 2.75) is 105 Å². The van der Waals surface area contributed by atoms with Crippen LogP contribution in [-0.2, 0) is 0 Å². The minimum Gasteiger partial charge on any atom is -0.472 e. The Morgan fingerprint density at radius 3 is 2.52 bits per heavy atom. The molecule has 3 atom stereocenters. The Kier molecular flexibility index (Phi) is 8.50. The number of ether oxygens (including phenoxy) is 1. The van der Waals surface area contributed by atoms with Crippen molar-refractivity contribution in [1.82, 2.24) is 15.8 Å². The van der Waals surface area contributed by atoms with Gasteiger partial charge >= 0.3 is 0 Å². The van der Waals surface area contributed by atoms with Crippen molar-refractivity contribution in [1.29, 1.82) is 0 Å². The number of carbonyl (C=O) groups is 2. The number of aliphatic hydroxyl groups is 1. The fourth-order valence-electron chi connectivity index (χ4n) is 7.68. The van der Waals surface area contributed by atoms with Gasteiger partial charge in [-0.2, -0.15) is 0 Å². The molecule has 0 aliphatic heterocycles. The molecule has 7 rings (SSSR count). The van der Waals surface area contributed by atoms with Crippen molar-refractivity contribution >= 4 is 46.8 Å². The van der Waals surface area contributed by atoms with E-state index in [0.717, 1.165) is 57.8 Å². The molecule has 1 heterocycles. The van der Waals surface area contributed by atoms with Crippen LogP contribution in [0.25, 0.3) is 0 Å². The Morgan fingerprint density at radius 2 is 1.88 bits per heavy atom. The molecule has 1 aromatic heterocycles. The number of nitrogens with zero attached hydrogens (tertiary/aromatic N) is 1. The van der Waals surface area contributed by atoms with Gasteiger partial charge in [-0.15, -0.1) is 11.8 Å². The second-order valence-corrected chi connectivity index (χ2v) is 15.3. The predicted octanol–water partition coefficient (Wildman–Crippen LogP) is 6.66. The normalized spacial score (nSPS) is 29.8. The van der Waals surface area contributed by atoms with Gasteiger partial charge in [0.1, 0.15) is 11.5 Å². The van der Waals surface area contributed by atoms with Crippen molar-refractivity contribution in [2.75, 3.05) is 6.61 Å². The van der Waals surface area contributed by atoms with Crippen LogP contribution in [0.15, 0.2) is 27.6 Å². The van der Waals surface area contributed by atoms with Gasteiger partial charge in [-0.1, -0.05) is 43.0 Å². The largest absolute Gasteiger partial charge is 0.472 e.